The van der Waals surface area contributed by atoms with E-state index in [0.717, 1.165) is 29.5 Å². The van der Waals surface area contributed by atoms with Crippen LogP contribution in [0.3, 0.4) is 0 Å². The predicted octanol–water partition coefficient (Wildman–Crippen LogP) is 4.30. The number of hydrogen-bond donors (Lipinski definition) is 1. The molecule has 31 heavy (non-hydrogen) atoms. The molecule has 1 saturated heterocycles. The number of aryl methyl sites for hydroxylation is 1. The Morgan fingerprint density at radius 3 is 2.74 bits per heavy atom. The fraction of sp³-hybridized carbons (Fsp3) is 0.348. The Bertz CT molecular complexity index is 1150. The number of nitrogens with zero attached hydrogens (tertiary/aromatic N) is 3. The van der Waals surface area contributed by atoms with Gasteiger partial charge in [-0.15, -0.1) is 0 Å². The summed E-state index contributed by atoms with van der Waals surface area (Å²) in [4.78, 5) is 15.3. The van der Waals surface area contributed by atoms with E-state index in [-0.39, 0.29) is 18.5 Å². The summed E-state index contributed by atoms with van der Waals surface area (Å²) in [6.45, 7) is 2.88. The maximum absolute atomic E-state index is 13.3. The molecule has 1 amide bonds. The molecule has 0 aliphatic carbocycles. The van der Waals surface area contributed by atoms with Crippen LogP contribution in [0.15, 0.2) is 42.5 Å². The van der Waals surface area contributed by atoms with Crippen molar-refractivity contribution >= 4 is 18.1 Å². The number of methoxy groups -OCH3 is 2. The lowest BCUT2D eigenvalue weighted by molar-refractivity contribution is -0.132. The highest BCUT2D eigenvalue weighted by Gasteiger charge is 2.31. The van der Waals surface area contributed by atoms with Gasteiger partial charge in [-0.1, -0.05) is 29.8 Å². The lowest BCUT2D eigenvalue weighted by atomic mass is 10.0. The number of aromatic nitrogens is 3. The van der Waals surface area contributed by atoms with Crippen molar-refractivity contribution in [3.8, 4) is 22.9 Å². The third-order valence-corrected chi connectivity index (χ3v) is 6.01. The number of carbonyl (C=O) groups is 1. The molecule has 1 fully saturated rings. The number of rotatable bonds is 6. The first kappa shape index (κ1) is 21.1. The maximum Gasteiger partial charge on any atom is 0.243 e. The summed E-state index contributed by atoms with van der Waals surface area (Å²) in [5.74, 6) is 2.03. The van der Waals surface area contributed by atoms with Gasteiger partial charge in [-0.05, 0) is 55.7 Å². The molecule has 0 spiro atoms. The van der Waals surface area contributed by atoms with E-state index in [0.29, 0.717) is 28.6 Å². The second-order valence-corrected chi connectivity index (χ2v) is 8.05. The van der Waals surface area contributed by atoms with E-state index in [9.17, 15) is 4.79 Å². The smallest absolute Gasteiger partial charge is 0.243 e. The van der Waals surface area contributed by atoms with Gasteiger partial charge in [-0.25, -0.2) is 0 Å². The molecule has 162 valence electrons. The minimum atomic E-state index is -0.00389. The zero-order valence-electron chi connectivity index (χ0n) is 17.9. The molecule has 0 bridgehead atoms. The molecule has 0 saturated carbocycles. The van der Waals surface area contributed by atoms with E-state index in [2.05, 4.69) is 10.2 Å². The number of aromatic amines is 1. The van der Waals surface area contributed by atoms with Crippen LogP contribution in [0, 0.1) is 11.7 Å². The van der Waals surface area contributed by atoms with E-state index in [1.807, 2.05) is 54.3 Å². The number of benzene rings is 2. The lowest BCUT2D eigenvalue weighted by Gasteiger charge is -2.26. The monoisotopic (exact) mass is 438 g/mol. The first-order valence-corrected chi connectivity index (χ1v) is 10.7. The van der Waals surface area contributed by atoms with Crippen molar-refractivity contribution in [3.63, 3.8) is 0 Å². The van der Waals surface area contributed by atoms with Crippen LogP contribution in [0.2, 0.25) is 0 Å². The Labute approximate surface area is 186 Å². The van der Waals surface area contributed by atoms with Gasteiger partial charge >= 0.3 is 0 Å². The zero-order valence-corrected chi connectivity index (χ0v) is 18.7. The molecule has 1 aromatic heterocycles. The van der Waals surface area contributed by atoms with Crippen LogP contribution in [0.4, 0.5) is 0 Å². The van der Waals surface area contributed by atoms with E-state index in [1.165, 1.54) is 0 Å². The molecule has 1 N–H and O–H groups in total. The molecule has 1 aliphatic rings. The van der Waals surface area contributed by atoms with Crippen molar-refractivity contribution in [3.05, 3.63) is 58.4 Å². The molecule has 1 atom stereocenters. The van der Waals surface area contributed by atoms with E-state index in [1.54, 1.807) is 18.8 Å². The Morgan fingerprint density at radius 1 is 1.19 bits per heavy atom. The summed E-state index contributed by atoms with van der Waals surface area (Å²) in [6.07, 6.45) is 1.86. The molecule has 2 heterocycles. The van der Waals surface area contributed by atoms with E-state index < -0.39 is 0 Å². The highest BCUT2D eigenvalue weighted by atomic mass is 32.1. The molecule has 7 nitrogen and oxygen atoms in total. The molecular weight excluding hydrogens is 412 g/mol. The maximum atomic E-state index is 13.3. The first-order chi connectivity index (χ1) is 15.0. The summed E-state index contributed by atoms with van der Waals surface area (Å²) in [7, 11) is 3.23. The minimum Gasteiger partial charge on any atom is -0.493 e. The minimum absolute atomic E-state index is 0.00389. The molecule has 0 unspecified atom stereocenters. The lowest BCUT2D eigenvalue weighted by Crippen LogP contribution is -2.33. The van der Waals surface area contributed by atoms with Gasteiger partial charge in [-0.2, -0.15) is 5.10 Å². The Morgan fingerprint density at radius 2 is 2.00 bits per heavy atom. The average Bonchev–Trinajstić information content (AvgIpc) is 3.41. The highest BCUT2D eigenvalue weighted by Crippen LogP contribution is 2.37. The SMILES string of the molecule is COc1ccc([C@H]2CCCN2C(=O)Cn2c(-c3cccc(C)c3)n[nH]c2=S)cc1OC. The zero-order chi connectivity index (χ0) is 22.0. The normalized spacial score (nSPS) is 15.8. The van der Waals surface area contributed by atoms with Crippen LogP contribution < -0.4 is 9.47 Å². The summed E-state index contributed by atoms with van der Waals surface area (Å²) in [5.41, 5.74) is 3.09. The predicted molar refractivity (Wildman–Crippen MR) is 121 cm³/mol. The first-order valence-electron chi connectivity index (χ1n) is 10.3. The van der Waals surface area contributed by atoms with Crippen LogP contribution in [0.1, 0.15) is 30.0 Å². The van der Waals surface area contributed by atoms with Crippen molar-refractivity contribution in [2.24, 2.45) is 0 Å². The summed E-state index contributed by atoms with van der Waals surface area (Å²) < 4.78 is 13.0. The topological polar surface area (TPSA) is 72.4 Å². The largest absolute Gasteiger partial charge is 0.493 e. The number of likely N-dealkylation sites (tertiary alicyclic amines) is 1. The van der Waals surface area contributed by atoms with Gasteiger partial charge in [0, 0.05) is 12.1 Å². The van der Waals surface area contributed by atoms with Gasteiger partial charge in [0.1, 0.15) is 6.54 Å². The fourth-order valence-corrected chi connectivity index (χ4v) is 4.36. The second kappa shape index (κ2) is 8.93. The third-order valence-electron chi connectivity index (χ3n) is 5.69. The van der Waals surface area contributed by atoms with Gasteiger partial charge in [0.25, 0.3) is 0 Å². The summed E-state index contributed by atoms with van der Waals surface area (Å²) in [5, 5.41) is 7.21. The van der Waals surface area contributed by atoms with E-state index in [4.69, 9.17) is 21.7 Å². The second-order valence-electron chi connectivity index (χ2n) is 7.67. The van der Waals surface area contributed by atoms with E-state index >= 15 is 0 Å². The van der Waals surface area contributed by atoms with Crippen molar-refractivity contribution in [2.45, 2.75) is 32.4 Å². The van der Waals surface area contributed by atoms with Gasteiger partial charge in [0.15, 0.2) is 22.1 Å². The molecular formula is C23H26N4O3S. The number of amides is 1. The Balaban J connectivity index is 1.60. The van der Waals surface area contributed by atoms with Gasteiger partial charge < -0.3 is 14.4 Å². The van der Waals surface area contributed by atoms with Crippen molar-refractivity contribution in [2.75, 3.05) is 20.8 Å². The van der Waals surface area contributed by atoms with Gasteiger partial charge in [0.05, 0.1) is 20.3 Å². The molecule has 1 aliphatic heterocycles. The van der Waals surface area contributed by atoms with Crippen molar-refractivity contribution in [1.29, 1.82) is 0 Å². The quantitative estimate of drug-likeness (QED) is 0.581. The van der Waals surface area contributed by atoms with Crippen LogP contribution in [0.5, 0.6) is 11.5 Å². The number of nitrogens with one attached hydrogen (secondary N) is 1. The van der Waals surface area contributed by atoms with Crippen LogP contribution in [-0.4, -0.2) is 46.3 Å². The van der Waals surface area contributed by atoms with Crippen molar-refractivity contribution < 1.29 is 14.3 Å². The molecule has 0 radical (unpaired) electrons. The molecule has 8 heteroatoms. The van der Waals surface area contributed by atoms with Gasteiger partial charge in [0.2, 0.25) is 5.91 Å². The molecule has 2 aromatic carbocycles. The number of ether oxygens (including phenoxy) is 2. The Kier molecular flexibility index (Phi) is 6.08. The standard InChI is InChI=1S/C23H26N4O3S/c1-15-6-4-7-17(12-15)22-24-25-23(31)27(22)14-21(28)26-11-5-8-18(26)16-9-10-19(29-2)20(13-16)30-3/h4,6-7,9-10,12-13,18H,5,8,11,14H2,1-3H3,(H,25,31)/t18-/m1/s1. The number of hydrogen-bond acceptors (Lipinski definition) is 5. The molecule has 4 rings (SSSR count). The summed E-state index contributed by atoms with van der Waals surface area (Å²) >= 11 is 5.43. The average molecular weight is 439 g/mol. The van der Waals surface area contributed by atoms with Crippen LogP contribution in [-0.2, 0) is 11.3 Å². The summed E-state index contributed by atoms with van der Waals surface area (Å²) in [6, 6.07) is 13.8. The van der Waals surface area contributed by atoms with Gasteiger partial charge in [-0.3, -0.25) is 14.5 Å². The number of carbonyl (C=O) groups excluding carboxylic acids is 1. The number of H-pyrrole nitrogens is 1. The Hall–Kier alpha value is -3.13. The van der Waals surface area contributed by atoms with Crippen LogP contribution in [0.25, 0.3) is 11.4 Å². The van der Waals surface area contributed by atoms with Crippen molar-refractivity contribution in [1.82, 2.24) is 19.7 Å². The highest BCUT2D eigenvalue weighted by molar-refractivity contribution is 7.71. The van der Waals surface area contributed by atoms with Crippen LogP contribution >= 0.6 is 12.2 Å². The third kappa shape index (κ3) is 4.20. The fourth-order valence-electron chi connectivity index (χ4n) is 4.17. The molecule has 3 aromatic rings.